The van der Waals surface area contributed by atoms with Crippen LogP contribution in [0, 0.1) is 0 Å². The van der Waals surface area contributed by atoms with E-state index in [2.05, 4.69) is 70.9 Å². The van der Waals surface area contributed by atoms with Crippen molar-refractivity contribution in [2.75, 3.05) is 0 Å². The Balaban J connectivity index is 0.00000161. The van der Waals surface area contributed by atoms with Crippen molar-refractivity contribution in [3.05, 3.63) is 52.5 Å². The monoisotopic (exact) mass is 364 g/mol. The molecule has 110 valence electrons. The fourth-order valence-electron chi connectivity index (χ4n) is 2.26. The third-order valence-corrected chi connectivity index (χ3v) is 4.13. The molecule has 0 fully saturated rings. The summed E-state index contributed by atoms with van der Waals surface area (Å²) in [5.74, 6) is 0.910. The van der Waals surface area contributed by atoms with Crippen LogP contribution in [0.2, 0.25) is 0 Å². The second-order valence-corrected chi connectivity index (χ2v) is 6.90. The first-order chi connectivity index (χ1) is 9.45. The molecule has 0 bridgehead atoms. The van der Waals surface area contributed by atoms with Crippen molar-refractivity contribution >= 4 is 39.4 Å². The summed E-state index contributed by atoms with van der Waals surface area (Å²) in [5, 5.41) is 0. The molecule has 0 saturated carbocycles. The highest BCUT2D eigenvalue weighted by molar-refractivity contribution is 9.10. The molecule has 1 aromatic heterocycles. The van der Waals surface area contributed by atoms with Gasteiger partial charge in [0.1, 0.15) is 11.3 Å². The van der Waals surface area contributed by atoms with E-state index < -0.39 is 0 Å². The normalized spacial score (nSPS) is 11.4. The Morgan fingerprint density at radius 1 is 1.00 bits per heavy atom. The smallest absolute Gasteiger partial charge is 0.138 e. The van der Waals surface area contributed by atoms with Crippen LogP contribution in [0.1, 0.15) is 26.3 Å². The second-order valence-electron chi connectivity index (χ2n) is 6.05. The number of H-pyrrole nitrogens is 1. The molecule has 21 heavy (non-hydrogen) atoms. The lowest BCUT2D eigenvalue weighted by atomic mass is 9.87. The van der Waals surface area contributed by atoms with E-state index >= 15 is 0 Å². The molecular weight excluding hydrogens is 348 g/mol. The minimum Gasteiger partial charge on any atom is -0.338 e. The molecule has 3 aromatic rings. The Kier molecular flexibility index (Phi) is 4.45. The van der Waals surface area contributed by atoms with Crippen molar-refractivity contribution in [3.63, 3.8) is 0 Å². The Hall–Kier alpha value is -1.32. The first-order valence-corrected chi connectivity index (χ1v) is 7.49. The van der Waals surface area contributed by atoms with Crippen molar-refractivity contribution in [1.29, 1.82) is 0 Å². The highest BCUT2D eigenvalue weighted by Crippen LogP contribution is 2.28. The minimum absolute atomic E-state index is 0. The molecule has 4 heteroatoms. The van der Waals surface area contributed by atoms with Gasteiger partial charge in [-0.25, -0.2) is 4.98 Å². The van der Waals surface area contributed by atoms with E-state index in [-0.39, 0.29) is 17.8 Å². The van der Waals surface area contributed by atoms with E-state index in [1.807, 2.05) is 18.2 Å². The van der Waals surface area contributed by atoms with Gasteiger partial charge in [0.15, 0.2) is 0 Å². The molecule has 1 heterocycles. The molecule has 2 aromatic carbocycles. The first kappa shape index (κ1) is 16.1. The highest BCUT2D eigenvalue weighted by atomic mass is 79.9. The van der Waals surface area contributed by atoms with E-state index in [0.717, 1.165) is 26.9 Å². The summed E-state index contributed by atoms with van der Waals surface area (Å²) in [5.41, 5.74) is 4.64. The topological polar surface area (TPSA) is 28.7 Å². The van der Waals surface area contributed by atoms with Gasteiger partial charge in [-0.05, 0) is 39.0 Å². The van der Waals surface area contributed by atoms with Crippen LogP contribution in [-0.2, 0) is 5.41 Å². The van der Waals surface area contributed by atoms with Crippen LogP contribution in [-0.4, -0.2) is 9.97 Å². The van der Waals surface area contributed by atoms with Crippen molar-refractivity contribution in [2.24, 2.45) is 0 Å². The molecule has 0 saturated heterocycles. The Morgan fingerprint density at radius 3 is 2.24 bits per heavy atom. The maximum Gasteiger partial charge on any atom is 0.138 e. The fraction of sp³-hybridized carbons (Fsp3) is 0.235. The summed E-state index contributed by atoms with van der Waals surface area (Å²) in [6.07, 6.45) is 0. The van der Waals surface area contributed by atoms with Crippen molar-refractivity contribution in [3.8, 4) is 11.4 Å². The third kappa shape index (κ3) is 3.14. The molecule has 0 atom stereocenters. The summed E-state index contributed by atoms with van der Waals surface area (Å²) in [4.78, 5) is 8.04. The zero-order chi connectivity index (χ0) is 14.3. The molecule has 0 radical (unpaired) electrons. The molecule has 3 rings (SSSR count). The highest BCUT2D eigenvalue weighted by Gasteiger charge is 2.14. The number of benzene rings is 2. The minimum atomic E-state index is 0. The number of para-hydroxylation sites is 1. The van der Waals surface area contributed by atoms with E-state index in [4.69, 9.17) is 0 Å². The number of aromatic amines is 1. The lowest BCUT2D eigenvalue weighted by molar-refractivity contribution is 0.590. The van der Waals surface area contributed by atoms with Gasteiger partial charge in [-0.3, -0.25) is 0 Å². The maximum absolute atomic E-state index is 4.67. The van der Waals surface area contributed by atoms with Crippen LogP contribution in [0.25, 0.3) is 22.4 Å². The lowest BCUT2D eigenvalue weighted by Gasteiger charge is -2.18. The van der Waals surface area contributed by atoms with Gasteiger partial charge in [0.05, 0.1) is 5.52 Å². The number of nitrogens with zero attached hydrogens (tertiary/aromatic N) is 1. The molecule has 0 unspecified atom stereocenters. The van der Waals surface area contributed by atoms with Crippen LogP contribution in [0.4, 0.5) is 0 Å². The van der Waals surface area contributed by atoms with Gasteiger partial charge in [-0.1, -0.05) is 51.1 Å². The van der Waals surface area contributed by atoms with Gasteiger partial charge in [-0.2, -0.15) is 0 Å². The molecule has 0 aliphatic rings. The molecule has 0 aliphatic carbocycles. The largest absolute Gasteiger partial charge is 0.338 e. The summed E-state index contributed by atoms with van der Waals surface area (Å²) in [6.45, 7) is 6.67. The van der Waals surface area contributed by atoms with Gasteiger partial charge in [-0.15, -0.1) is 12.4 Å². The standard InChI is InChI=1S/C17H17BrN2.ClH/c1-17(2,3)12-9-7-11(8-10-12)16-19-14-6-4-5-13(18)15(14)20-16;/h4-10H,1-3H3,(H,19,20);1H. The van der Waals surface area contributed by atoms with Gasteiger partial charge in [0.25, 0.3) is 0 Å². The predicted molar refractivity (Wildman–Crippen MR) is 95.2 cm³/mol. The summed E-state index contributed by atoms with van der Waals surface area (Å²) >= 11 is 3.54. The maximum atomic E-state index is 4.67. The Bertz CT molecular complexity index is 755. The van der Waals surface area contributed by atoms with E-state index in [1.165, 1.54) is 5.56 Å². The SMILES string of the molecule is CC(C)(C)c1ccc(-c2nc3c(Br)cccc3[nH]2)cc1.Cl. The number of rotatable bonds is 1. The Morgan fingerprint density at radius 2 is 1.67 bits per heavy atom. The predicted octanol–water partition coefficient (Wildman–Crippen LogP) is 5.71. The van der Waals surface area contributed by atoms with E-state index in [9.17, 15) is 0 Å². The van der Waals surface area contributed by atoms with Crippen LogP contribution < -0.4 is 0 Å². The van der Waals surface area contributed by atoms with Gasteiger partial charge >= 0.3 is 0 Å². The van der Waals surface area contributed by atoms with Crippen molar-refractivity contribution in [1.82, 2.24) is 9.97 Å². The molecule has 0 spiro atoms. The number of halogens is 2. The zero-order valence-corrected chi connectivity index (χ0v) is 14.7. The van der Waals surface area contributed by atoms with Gasteiger partial charge < -0.3 is 4.98 Å². The third-order valence-electron chi connectivity index (χ3n) is 3.49. The van der Waals surface area contributed by atoms with Gasteiger partial charge in [0, 0.05) is 10.0 Å². The molecular formula is C17H18BrClN2. The second kappa shape index (κ2) is 5.82. The fourth-order valence-corrected chi connectivity index (χ4v) is 2.72. The van der Waals surface area contributed by atoms with Crippen molar-refractivity contribution in [2.45, 2.75) is 26.2 Å². The number of aromatic nitrogens is 2. The number of imidazole rings is 1. The summed E-state index contributed by atoms with van der Waals surface area (Å²) in [6, 6.07) is 14.7. The van der Waals surface area contributed by atoms with Crippen LogP contribution in [0.3, 0.4) is 0 Å². The lowest BCUT2D eigenvalue weighted by Crippen LogP contribution is -2.10. The van der Waals surface area contributed by atoms with Crippen LogP contribution in [0.5, 0.6) is 0 Å². The average Bonchev–Trinajstić information content (AvgIpc) is 2.83. The average molecular weight is 366 g/mol. The Labute approximate surface area is 139 Å². The van der Waals surface area contributed by atoms with Crippen molar-refractivity contribution < 1.29 is 0 Å². The molecule has 0 aliphatic heterocycles. The van der Waals surface area contributed by atoms with Crippen LogP contribution >= 0.6 is 28.3 Å². The quantitative estimate of drug-likeness (QED) is 0.587. The number of hydrogen-bond donors (Lipinski definition) is 1. The zero-order valence-electron chi connectivity index (χ0n) is 12.3. The number of nitrogens with one attached hydrogen (secondary N) is 1. The molecule has 0 amide bonds. The van der Waals surface area contributed by atoms with E-state index in [1.54, 1.807) is 0 Å². The molecule has 2 nitrogen and oxygen atoms in total. The summed E-state index contributed by atoms with van der Waals surface area (Å²) < 4.78 is 1.02. The van der Waals surface area contributed by atoms with Crippen LogP contribution in [0.15, 0.2) is 46.9 Å². The number of hydrogen-bond acceptors (Lipinski definition) is 1. The van der Waals surface area contributed by atoms with Gasteiger partial charge in [0.2, 0.25) is 0 Å². The van der Waals surface area contributed by atoms with E-state index in [0.29, 0.717) is 0 Å². The molecule has 1 N–H and O–H groups in total. The first-order valence-electron chi connectivity index (χ1n) is 6.70. The number of fused-ring (bicyclic) bond motifs is 1. The summed E-state index contributed by atoms with van der Waals surface area (Å²) in [7, 11) is 0.